The lowest BCUT2D eigenvalue weighted by Crippen LogP contribution is -2.58. The highest BCUT2D eigenvalue weighted by molar-refractivity contribution is 5.94. The molecule has 2 heterocycles. The number of likely N-dealkylation sites (tertiary alicyclic amines) is 2. The third-order valence-electron chi connectivity index (χ3n) is 6.72. The van der Waals surface area contributed by atoms with Crippen molar-refractivity contribution in [3.63, 3.8) is 0 Å². The van der Waals surface area contributed by atoms with Crippen LogP contribution in [0.4, 0.5) is 4.39 Å². The minimum absolute atomic E-state index is 0.0273. The predicted octanol–water partition coefficient (Wildman–Crippen LogP) is 1.91. The van der Waals surface area contributed by atoms with E-state index >= 15 is 0 Å². The van der Waals surface area contributed by atoms with E-state index in [2.05, 4.69) is 10.6 Å². The van der Waals surface area contributed by atoms with Crippen LogP contribution in [0.5, 0.6) is 0 Å². The first-order valence-electron chi connectivity index (χ1n) is 11.2. The van der Waals surface area contributed by atoms with Crippen molar-refractivity contribution < 1.29 is 9.18 Å². The molecule has 0 aromatic heterocycles. The fraction of sp³-hybridized carbons (Fsp3) is 0.810. The van der Waals surface area contributed by atoms with Gasteiger partial charge in [-0.05, 0) is 51.0 Å². The number of hydrogen-bond acceptors (Lipinski definition) is 5. The van der Waals surface area contributed by atoms with Crippen molar-refractivity contribution in [1.82, 2.24) is 20.4 Å². The highest BCUT2D eigenvalue weighted by Crippen LogP contribution is 2.25. The maximum Gasteiger partial charge on any atom is 0.240 e. The molecule has 5 N–H and O–H groups in total. The van der Waals surface area contributed by atoms with E-state index in [9.17, 15) is 9.18 Å². The zero-order valence-electron chi connectivity index (χ0n) is 17.7. The molecule has 1 aliphatic carbocycles. The van der Waals surface area contributed by atoms with E-state index in [1.54, 1.807) is 4.90 Å². The smallest absolute Gasteiger partial charge is 0.240 e. The van der Waals surface area contributed by atoms with Crippen LogP contribution in [0, 0.1) is 11.3 Å². The van der Waals surface area contributed by atoms with Crippen LogP contribution in [-0.4, -0.2) is 66.9 Å². The Morgan fingerprint density at radius 1 is 1.14 bits per heavy atom. The fourth-order valence-corrected chi connectivity index (χ4v) is 4.94. The van der Waals surface area contributed by atoms with Crippen LogP contribution in [0.1, 0.15) is 57.8 Å². The molecule has 1 saturated carbocycles. The third kappa shape index (κ3) is 5.41. The molecular formula is C21H37FN6O. The van der Waals surface area contributed by atoms with Gasteiger partial charge in [-0.1, -0.05) is 19.3 Å². The molecule has 0 spiro atoms. The van der Waals surface area contributed by atoms with E-state index in [4.69, 9.17) is 11.1 Å². The summed E-state index contributed by atoms with van der Waals surface area (Å²) in [6.07, 6.45) is 10.1. The van der Waals surface area contributed by atoms with Crippen LogP contribution in [0.15, 0.2) is 11.6 Å². The number of amidine groups is 1. The Morgan fingerprint density at radius 2 is 1.86 bits per heavy atom. The van der Waals surface area contributed by atoms with Gasteiger partial charge in [-0.3, -0.25) is 10.2 Å². The lowest BCUT2D eigenvalue weighted by atomic mass is 9.89. The summed E-state index contributed by atoms with van der Waals surface area (Å²) in [5.41, 5.74) is 5.59. The number of carbonyl (C=O) groups is 1. The number of hydrogen-bond donors (Lipinski definition) is 4. The number of halogens is 1. The molecule has 0 aromatic rings. The van der Waals surface area contributed by atoms with Crippen LogP contribution < -0.4 is 16.4 Å². The maximum atomic E-state index is 14.3. The van der Waals surface area contributed by atoms with E-state index in [-0.39, 0.29) is 29.6 Å². The summed E-state index contributed by atoms with van der Waals surface area (Å²) in [6, 6.07) is -0.0726. The van der Waals surface area contributed by atoms with Crippen molar-refractivity contribution >= 4 is 11.7 Å². The van der Waals surface area contributed by atoms with Crippen LogP contribution in [-0.2, 0) is 4.79 Å². The topological polar surface area (TPSA) is 97.5 Å². The van der Waals surface area contributed by atoms with Crippen LogP contribution in [0.2, 0.25) is 0 Å². The van der Waals surface area contributed by atoms with Crippen LogP contribution in [0.3, 0.4) is 0 Å². The zero-order valence-corrected chi connectivity index (χ0v) is 17.7. The van der Waals surface area contributed by atoms with Gasteiger partial charge in [0.05, 0.1) is 6.04 Å². The molecule has 1 unspecified atom stereocenters. The molecule has 29 heavy (non-hydrogen) atoms. The molecular weight excluding hydrogens is 371 g/mol. The monoisotopic (exact) mass is 408 g/mol. The Bertz CT molecular complexity index is 618. The lowest BCUT2D eigenvalue weighted by Gasteiger charge is -2.43. The van der Waals surface area contributed by atoms with Gasteiger partial charge in [-0.15, -0.1) is 0 Å². The van der Waals surface area contributed by atoms with Crippen LogP contribution >= 0.6 is 0 Å². The Kier molecular flexibility index (Phi) is 7.75. The maximum absolute atomic E-state index is 14.3. The molecule has 3 rings (SSSR count). The van der Waals surface area contributed by atoms with Gasteiger partial charge in [0, 0.05) is 32.7 Å². The number of nitrogens with two attached hydrogens (primary N) is 1. The summed E-state index contributed by atoms with van der Waals surface area (Å²) in [7, 11) is 1.54. The summed E-state index contributed by atoms with van der Waals surface area (Å²) in [5, 5.41) is 14.3. The summed E-state index contributed by atoms with van der Waals surface area (Å²) in [6.45, 7) is 2.80. The van der Waals surface area contributed by atoms with Gasteiger partial charge in [0.15, 0.2) is 5.84 Å². The first kappa shape index (κ1) is 21.9. The minimum Gasteiger partial charge on any atom is -0.383 e. The molecule has 8 heteroatoms. The molecule has 2 aliphatic heterocycles. The number of nitrogens with one attached hydrogen (secondary N) is 3. The van der Waals surface area contributed by atoms with E-state index in [1.807, 2.05) is 4.90 Å². The molecule has 3 aliphatic rings. The van der Waals surface area contributed by atoms with Crippen LogP contribution in [0.25, 0.3) is 0 Å². The van der Waals surface area contributed by atoms with Crippen molar-refractivity contribution in [2.75, 3.05) is 33.2 Å². The Hall–Kier alpha value is -1.83. The molecule has 164 valence electrons. The molecule has 3 fully saturated rings. The standard InChI is InChI=1S/C21H37FN6O/c1-25-19(23)18(22)20(24)27-11-5-9-16(14-27)28-12-6-10-17(21(28)29)26-13-15-7-3-2-4-8-15/h15-17,24-26H,2-14,23H2,1H3/b19-18+,24-20?/t16-,17?/m1/s1. The third-order valence-corrected chi connectivity index (χ3v) is 6.72. The summed E-state index contributed by atoms with van der Waals surface area (Å²) in [4.78, 5) is 16.8. The van der Waals surface area contributed by atoms with Gasteiger partial charge in [0.1, 0.15) is 5.82 Å². The van der Waals surface area contributed by atoms with Crippen molar-refractivity contribution in [2.45, 2.75) is 69.9 Å². The van der Waals surface area contributed by atoms with Gasteiger partial charge < -0.3 is 26.2 Å². The second kappa shape index (κ2) is 10.3. The van der Waals surface area contributed by atoms with Gasteiger partial charge >= 0.3 is 0 Å². The highest BCUT2D eigenvalue weighted by Gasteiger charge is 2.36. The average Bonchev–Trinajstić information content (AvgIpc) is 2.77. The zero-order chi connectivity index (χ0) is 20.8. The Labute approximate surface area is 173 Å². The highest BCUT2D eigenvalue weighted by atomic mass is 19.1. The van der Waals surface area contributed by atoms with Gasteiger partial charge in [-0.2, -0.15) is 4.39 Å². The van der Waals surface area contributed by atoms with E-state index in [0.29, 0.717) is 19.0 Å². The quantitative estimate of drug-likeness (QED) is 0.398. The summed E-state index contributed by atoms with van der Waals surface area (Å²) in [5.74, 6) is -0.178. The van der Waals surface area contributed by atoms with Gasteiger partial charge in [0.25, 0.3) is 0 Å². The first-order chi connectivity index (χ1) is 14.0. The largest absolute Gasteiger partial charge is 0.383 e. The normalized spacial score (nSPS) is 27.6. The summed E-state index contributed by atoms with van der Waals surface area (Å²) >= 11 is 0. The first-order valence-corrected chi connectivity index (χ1v) is 11.2. The Morgan fingerprint density at radius 3 is 2.59 bits per heavy atom. The molecule has 1 amide bonds. The van der Waals surface area contributed by atoms with Gasteiger partial charge in [0.2, 0.25) is 11.7 Å². The lowest BCUT2D eigenvalue weighted by molar-refractivity contribution is -0.139. The predicted molar refractivity (Wildman–Crippen MR) is 113 cm³/mol. The van der Waals surface area contributed by atoms with Crippen molar-refractivity contribution in [2.24, 2.45) is 11.7 Å². The molecule has 0 aromatic carbocycles. The minimum atomic E-state index is -0.731. The van der Waals surface area contributed by atoms with E-state index in [1.165, 1.54) is 39.2 Å². The SMILES string of the molecule is CN/C(N)=C(/F)C(=N)N1CCC[C@@H](N2CCCC(NCC3CCCCC3)C2=O)C1. The van der Waals surface area contributed by atoms with Crippen molar-refractivity contribution in [3.05, 3.63) is 11.6 Å². The molecule has 2 saturated heterocycles. The number of piperidine rings is 2. The molecule has 0 radical (unpaired) electrons. The molecule has 2 atom stereocenters. The number of nitrogens with zero attached hydrogens (tertiary/aromatic N) is 2. The molecule has 0 bridgehead atoms. The van der Waals surface area contributed by atoms with E-state index < -0.39 is 5.83 Å². The second-order valence-corrected chi connectivity index (χ2v) is 8.71. The second-order valence-electron chi connectivity index (χ2n) is 8.71. The van der Waals surface area contributed by atoms with Crippen molar-refractivity contribution in [3.8, 4) is 0 Å². The number of amides is 1. The Balaban J connectivity index is 1.57. The summed E-state index contributed by atoms with van der Waals surface area (Å²) < 4.78 is 14.3. The van der Waals surface area contributed by atoms with Gasteiger partial charge in [-0.25, -0.2) is 0 Å². The van der Waals surface area contributed by atoms with E-state index in [0.717, 1.165) is 38.8 Å². The number of carbonyl (C=O) groups excluding carboxylic acids is 1. The molecule has 7 nitrogen and oxygen atoms in total. The average molecular weight is 409 g/mol. The van der Waals surface area contributed by atoms with Crippen molar-refractivity contribution in [1.29, 1.82) is 5.41 Å². The number of rotatable bonds is 6. The fourth-order valence-electron chi connectivity index (χ4n) is 4.94.